The van der Waals surface area contributed by atoms with E-state index in [-0.39, 0.29) is 5.91 Å². The SMILES string of the molecule is CC(=O)Nc1cccc(/C(C)=N\NC(=O)CN(c2ccc(I)cc2)S(C)(=O)=O)c1. The molecule has 0 aliphatic carbocycles. The van der Waals surface area contributed by atoms with Gasteiger partial charge in [0.05, 0.1) is 17.7 Å². The number of anilines is 2. The molecule has 2 aromatic carbocycles. The number of halogens is 1. The van der Waals surface area contributed by atoms with Crippen LogP contribution in [-0.2, 0) is 19.6 Å². The second-order valence-electron chi connectivity index (χ2n) is 6.24. The van der Waals surface area contributed by atoms with E-state index < -0.39 is 22.5 Å². The Morgan fingerprint density at radius 1 is 1.10 bits per heavy atom. The molecule has 154 valence electrons. The van der Waals surface area contributed by atoms with Crippen LogP contribution in [0.3, 0.4) is 0 Å². The van der Waals surface area contributed by atoms with E-state index in [2.05, 4.69) is 38.4 Å². The molecule has 2 N–H and O–H groups in total. The molecule has 8 nitrogen and oxygen atoms in total. The molecule has 0 bridgehead atoms. The van der Waals surface area contributed by atoms with E-state index in [1.54, 1.807) is 55.5 Å². The van der Waals surface area contributed by atoms with Gasteiger partial charge in [0.1, 0.15) is 6.54 Å². The Hall–Kier alpha value is -2.47. The summed E-state index contributed by atoms with van der Waals surface area (Å²) in [5, 5.41) is 6.71. The number of sulfonamides is 1. The van der Waals surface area contributed by atoms with E-state index in [9.17, 15) is 18.0 Å². The van der Waals surface area contributed by atoms with Crippen molar-refractivity contribution in [1.29, 1.82) is 0 Å². The number of rotatable bonds is 7. The van der Waals surface area contributed by atoms with Crippen LogP contribution in [0.4, 0.5) is 11.4 Å². The van der Waals surface area contributed by atoms with Crippen LogP contribution >= 0.6 is 22.6 Å². The molecule has 0 unspecified atom stereocenters. The molecule has 0 aliphatic heterocycles. The number of carbonyl (C=O) groups excluding carboxylic acids is 2. The van der Waals surface area contributed by atoms with Crippen molar-refractivity contribution in [3.8, 4) is 0 Å². The summed E-state index contributed by atoms with van der Waals surface area (Å²) in [5.74, 6) is -0.771. The summed E-state index contributed by atoms with van der Waals surface area (Å²) >= 11 is 2.11. The first kappa shape index (κ1) is 22.8. The van der Waals surface area contributed by atoms with E-state index in [1.165, 1.54) is 6.92 Å². The first-order chi connectivity index (χ1) is 13.6. The van der Waals surface area contributed by atoms with Crippen LogP contribution in [0.5, 0.6) is 0 Å². The number of hydrazone groups is 1. The van der Waals surface area contributed by atoms with Crippen LogP contribution in [0, 0.1) is 3.57 Å². The van der Waals surface area contributed by atoms with Gasteiger partial charge in [0.25, 0.3) is 5.91 Å². The molecular weight excluding hydrogens is 507 g/mol. The van der Waals surface area contributed by atoms with Crippen LogP contribution in [0.1, 0.15) is 19.4 Å². The maximum absolute atomic E-state index is 12.3. The minimum absolute atomic E-state index is 0.193. The maximum Gasteiger partial charge on any atom is 0.260 e. The minimum atomic E-state index is -3.65. The second kappa shape index (κ2) is 9.83. The largest absolute Gasteiger partial charge is 0.326 e. The Bertz CT molecular complexity index is 1040. The fourth-order valence-corrected chi connectivity index (χ4v) is 3.63. The molecule has 0 saturated heterocycles. The molecule has 0 spiro atoms. The number of amides is 2. The average Bonchev–Trinajstić information content (AvgIpc) is 2.64. The third-order valence-electron chi connectivity index (χ3n) is 3.75. The normalized spacial score (nSPS) is 11.7. The van der Waals surface area contributed by atoms with Gasteiger partial charge in [0.2, 0.25) is 15.9 Å². The molecule has 0 saturated carbocycles. The van der Waals surface area contributed by atoms with Crippen molar-refractivity contribution in [2.24, 2.45) is 5.10 Å². The highest BCUT2D eigenvalue weighted by atomic mass is 127. The average molecular weight is 528 g/mol. The number of carbonyl (C=O) groups is 2. The zero-order valence-electron chi connectivity index (χ0n) is 16.1. The predicted octanol–water partition coefficient (Wildman–Crippen LogP) is 2.56. The van der Waals surface area contributed by atoms with Gasteiger partial charge in [-0.05, 0) is 71.5 Å². The Balaban J connectivity index is 2.12. The highest BCUT2D eigenvalue weighted by molar-refractivity contribution is 14.1. The third kappa shape index (κ3) is 7.13. The molecular formula is C19H21IN4O4S. The van der Waals surface area contributed by atoms with E-state index >= 15 is 0 Å². The van der Waals surface area contributed by atoms with E-state index in [0.717, 1.165) is 14.1 Å². The molecule has 0 heterocycles. The topological polar surface area (TPSA) is 108 Å². The summed E-state index contributed by atoms with van der Waals surface area (Å²) in [6.45, 7) is 2.71. The number of nitrogens with zero attached hydrogens (tertiary/aromatic N) is 2. The van der Waals surface area contributed by atoms with Gasteiger partial charge in [-0.1, -0.05) is 12.1 Å². The van der Waals surface area contributed by atoms with Crippen molar-refractivity contribution >= 4 is 61.5 Å². The summed E-state index contributed by atoms with van der Waals surface area (Å²) in [4.78, 5) is 23.5. The van der Waals surface area contributed by atoms with Gasteiger partial charge < -0.3 is 5.32 Å². The second-order valence-corrected chi connectivity index (χ2v) is 9.39. The predicted molar refractivity (Wildman–Crippen MR) is 122 cm³/mol. The van der Waals surface area contributed by atoms with Gasteiger partial charge in [-0.3, -0.25) is 13.9 Å². The minimum Gasteiger partial charge on any atom is -0.326 e. The third-order valence-corrected chi connectivity index (χ3v) is 5.61. The lowest BCUT2D eigenvalue weighted by molar-refractivity contribution is -0.119. The van der Waals surface area contributed by atoms with Gasteiger partial charge in [-0.2, -0.15) is 5.10 Å². The number of hydrogen-bond acceptors (Lipinski definition) is 5. The quantitative estimate of drug-likeness (QED) is 0.327. The first-order valence-electron chi connectivity index (χ1n) is 8.50. The van der Waals surface area contributed by atoms with Gasteiger partial charge in [0, 0.05) is 16.2 Å². The Labute approximate surface area is 183 Å². The van der Waals surface area contributed by atoms with Gasteiger partial charge in [-0.15, -0.1) is 0 Å². The maximum atomic E-state index is 12.3. The molecule has 0 aliphatic rings. The van der Waals surface area contributed by atoms with Gasteiger partial charge in [0.15, 0.2) is 0 Å². The van der Waals surface area contributed by atoms with Crippen molar-refractivity contribution in [3.05, 3.63) is 57.7 Å². The molecule has 0 fully saturated rings. The Morgan fingerprint density at radius 3 is 2.34 bits per heavy atom. The van der Waals surface area contributed by atoms with Crippen LogP contribution in [-0.4, -0.2) is 38.7 Å². The molecule has 0 radical (unpaired) electrons. The zero-order valence-corrected chi connectivity index (χ0v) is 19.1. The molecule has 2 rings (SSSR count). The van der Waals surface area contributed by atoms with Crippen LogP contribution in [0.15, 0.2) is 53.6 Å². The van der Waals surface area contributed by atoms with E-state index in [1.807, 2.05) is 0 Å². The highest BCUT2D eigenvalue weighted by Crippen LogP contribution is 2.19. The lowest BCUT2D eigenvalue weighted by Gasteiger charge is -2.21. The Kier molecular flexibility index (Phi) is 7.73. The molecule has 0 atom stereocenters. The molecule has 29 heavy (non-hydrogen) atoms. The molecule has 2 amide bonds. The van der Waals surface area contributed by atoms with Crippen LogP contribution < -0.4 is 15.0 Å². The molecule has 0 aromatic heterocycles. The molecule has 2 aromatic rings. The van der Waals surface area contributed by atoms with Gasteiger partial charge in [-0.25, -0.2) is 13.8 Å². The monoisotopic (exact) mass is 528 g/mol. The van der Waals surface area contributed by atoms with Crippen molar-refractivity contribution in [3.63, 3.8) is 0 Å². The summed E-state index contributed by atoms with van der Waals surface area (Å²) in [5.41, 5.74) is 4.59. The van der Waals surface area contributed by atoms with E-state index in [0.29, 0.717) is 22.6 Å². The van der Waals surface area contributed by atoms with E-state index in [4.69, 9.17) is 0 Å². The van der Waals surface area contributed by atoms with Gasteiger partial charge >= 0.3 is 0 Å². The summed E-state index contributed by atoms with van der Waals surface area (Å²) in [7, 11) is -3.65. The highest BCUT2D eigenvalue weighted by Gasteiger charge is 2.20. The standard InChI is InChI=1S/C19H21IN4O4S/c1-13(15-5-4-6-17(11-15)21-14(2)25)22-23-19(26)12-24(29(3,27)28)18-9-7-16(20)8-10-18/h4-11H,12H2,1-3H3,(H,21,25)(H,23,26)/b22-13-. The lowest BCUT2D eigenvalue weighted by atomic mass is 10.1. The smallest absolute Gasteiger partial charge is 0.260 e. The van der Waals surface area contributed by atoms with Crippen molar-refractivity contribution < 1.29 is 18.0 Å². The fourth-order valence-electron chi connectivity index (χ4n) is 2.41. The number of nitrogens with one attached hydrogen (secondary N) is 2. The Morgan fingerprint density at radius 2 is 1.76 bits per heavy atom. The first-order valence-corrected chi connectivity index (χ1v) is 11.4. The van der Waals surface area contributed by atoms with Crippen molar-refractivity contribution in [2.45, 2.75) is 13.8 Å². The summed E-state index contributed by atoms with van der Waals surface area (Å²) < 4.78 is 26.2. The fraction of sp³-hybridized carbons (Fsp3) is 0.211. The van der Waals surface area contributed by atoms with Crippen molar-refractivity contribution in [2.75, 3.05) is 22.4 Å². The van der Waals surface area contributed by atoms with Crippen molar-refractivity contribution in [1.82, 2.24) is 5.43 Å². The zero-order chi connectivity index (χ0) is 21.6. The summed E-state index contributed by atoms with van der Waals surface area (Å²) in [6, 6.07) is 13.8. The van der Waals surface area contributed by atoms with Crippen LogP contribution in [0.2, 0.25) is 0 Å². The number of benzene rings is 2. The molecule has 10 heteroatoms. The lowest BCUT2D eigenvalue weighted by Crippen LogP contribution is -2.39. The summed E-state index contributed by atoms with van der Waals surface area (Å²) in [6.07, 6.45) is 1.04. The number of hydrogen-bond donors (Lipinski definition) is 2. The van der Waals surface area contributed by atoms with Crippen LogP contribution in [0.25, 0.3) is 0 Å².